The Morgan fingerprint density at radius 1 is 2.00 bits per heavy atom. The van der Waals surface area contributed by atoms with E-state index < -0.39 is 0 Å². The largest absolute Gasteiger partial charge is 0.447 e. The van der Waals surface area contributed by atoms with E-state index in [9.17, 15) is 4.79 Å². The first-order valence-corrected chi connectivity index (χ1v) is 3.44. The molecule has 0 radical (unpaired) electrons. The van der Waals surface area contributed by atoms with E-state index >= 15 is 0 Å². The Kier molecular flexibility index (Phi) is 1.73. The Bertz CT molecular complexity index is 106. The van der Waals surface area contributed by atoms with Crippen LogP contribution in [0, 0.1) is 0 Å². The van der Waals surface area contributed by atoms with E-state index in [1.54, 1.807) is 0 Å². The summed E-state index contributed by atoms with van der Waals surface area (Å²) in [5.74, 6) is 0. The van der Waals surface area contributed by atoms with Crippen LogP contribution in [0.15, 0.2) is 0 Å². The molecule has 1 aliphatic heterocycles. The lowest BCUT2D eigenvalue weighted by Gasteiger charge is -1.96. The lowest BCUT2D eigenvalue weighted by Crippen LogP contribution is -2.27. The van der Waals surface area contributed by atoms with Gasteiger partial charge >= 0.3 is 6.09 Å². The van der Waals surface area contributed by atoms with Crippen molar-refractivity contribution in [3.8, 4) is 0 Å². The normalized spacial score (nSPS) is 27.1. The summed E-state index contributed by atoms with van der Waals surface area (Å²) in [6.07, 6.45) is -0.311. The van der Waals surface area contributed by atoms with Crippen LogP contribution in [0.5, 0.6) is 0 Å². The molecular weight excluding hydrogens is 174 g/mol. The number of hydrogen-bond donors (Lipinski definition) is 1. The summed E-state index contributed by atoms with van der Waals surface area (Å²) in [6, 6.07) is 0.169. The molecule has 1 atom stereocenters. The van der Waals surface area contributed by atoms with Crippen LogP contribution in [0.1, 0.15) is 0 Å². The molecule has 0 unspecified atom stereocenters. The average Bonchev–Trinajstić information content (AvgIpc) is 2.14. The minimum absolute atomic E-state index is 0.169. The van der Waals surface area contributed by atoms with E-state index in [-0.39, 0.29) is 12.1 Å². The maximum absolute atomic E-state index is 10.3. The van der Waals surface area contributed by atoms with E-state index in [2.05, 4.69) is 26.0 Å². The summed E-state index contributed by atoms with van der Waals surface area (Å²) in [6.45, 7) is 0.490. The molecule has 1 saturated heterocycles. The van der Waals surface area contributed by atoms with Crippen molar-refractivity contribution in [1.29, 1.82) is 0 Å². The van der Waals surface area contributed by atoms with Gasteiger partial charge in [-0.25, -0.2) is 4.79 Å². The fourth-order valence-corrected chi connectivity index (χ4v) is 0.858. The van der Waals surface area contributed by atoms with E-state index in [0.717, 1.165) is 5.33 Å². The summed E-state index contributed by atoms with van der Waals surface area (Å²) >= 11 is 3.21. The van der Waals surface area contributed by atoms with Crippen molar-refractivity contribution in [2.24, 2.45) is 0 Å². The number of alkyl halides is 1. The smallest absolute Gasteiger partial charge is 0.407 e. The van der Waals surface area contributed by atoms with Crippen molar-refractivity contribution < 1.29 is 9.53 Å². The second kappa shape index (κ2) is 2.35. The SMILES string of the molecule is O=C1N[C@@H](CBr)CO1. The molecule has 1 rings (SSSR count). The van der Waals surface area contributed by atoms with Crippen molar-refractivity contribution in [2.75, 3.05) is 11.9 Å². The quantitative estimate of drug-likeness (QED) is 0.596. The Labute approximate surface area is 55.5 Å². The highest BCUT2D eigenvalue weighted by molar-refractivity contribution is 9.09. The van der Waals surface area contributed by atoms with Crippen molar-refractivity contribution >= 4 is 22.0 Å². The number of ether oxygens (including phenoxy) is 1. The van der Waals surface area contributed by atoms with Gasteiger partial charge in [0.1, 0.15) is 6.61 Å². The van der Waals surface area contributed by atoms with Crippen molar-refractivity contribution in [3.05, 3.63) is 0 Å². The lowest BCUT2D eigenvalue weighted by molar-refractivity contribution is 0.177. The van der Waals surface area contributed by atoms with Gasteiger partial charge in [-0.15, -0.1) is 0 Å². The Morgan fingerprint density at radius 2 is 2.75 bits per heavy atom. The molecule has 0 aromatic rings. The zero-order valence-corrected chi connectivity index (χ0v) is 5.77. The molecule has 0 aromatic carbocycles. The van der Waals surface area contributed by atoms with E-state index in [1.165, 1.54) is 0 Å². The van der Waals surface area contributed by atoms with Gasteiger partial charge in [0.25, 0.3) is 0 Å². The lowest BCUT2D eigenvalue weighted by atomic mass is 10.4. The number of hydrogen-bond acceptors (Lipinski definition) is 2. The van der Waals surface area contributed by atoms with Gasteiger partial charge in [-0.1, -0.05) is 15.9 Å². The van der Waals surface area contributed by atoms with Crippen LogP contribution < -0.4 is 5.32 Å². The van der Waals surface area contributed by atoms with E-state index in [4.69, 9.17) is 0 Å². The van der Waals surface area contributed by atoms with Gasteiger partial charge in [0, 0.05) is 5.33 Å². The standard InChI is InChI=1S/C4H6BrNO2/c5-1-3-2-8-4(7)6-3/h3H,1-2H2,(H,6,7)/t3-/m0/s1. The molecular formula is C4H6BrNO2. The fraction of sp³-hybridized carbons (Fsp3) is 0.750. The minimum atomic E-state index is -0.311. The minimum Gasteiger partial charge on any atom is -0.447 e. The van der Waals surface area contributed by atoms with Crippen LogP contribution in [-0.4, -0.2) is 24.1 Å². The van der Waals surface area contributed by atoms with Crippen LogP contribution in [0.4, 0.5) is 4.79 Å². The molecule has 0 saturated carbocycles. The second-order valence-corrected chi connectivity index (χ2v) is 2.24. The third kappa shape index (κ3) is 1.12. The molecule has 0 aromatic heterocycles. The zero-order valence-electron chi connectivity index (χ0n) is 4.19. The van der Waals surface area contributed by atoms with Crippen molar-refractivity contribution in [2.45, 2.75) is 6.04 Å². The van der Waals surface area contributed by atoms with Gasteiger partial charge in [0.05, 0.1) is 6.04 Å². The maximum Gasteiger partial charge on any atom is 0.407 e. The van der Waals surface area contributed by atoms with E-state index in [0.29, 0.717) is 6.61 Å². The van der Waals surface area contributed by atoms with Crippen LogP contribution >= 0.6 is 15.9 Å². The maximum atomic E-state index is 10.3. The van der Waals surface area contributed by atoms with Crippen LogP contribution in [0.2, 0.25) is 0 Å². The fourth-order valence-electron chi connectivity index (χ4n) is 0.509. The molecule has 0 aliphatic carbocycles. The third-order valence-electron chi connectivity index (χ3n) is 0.924. The number of alkyl carbamates (subject to hydrolysis) is 1. The summed E-state index contributed by atoms with van der Waals surface area (Å²) in [7, 11) is 0. The summed E-state index contributed by atoms with van der Waals surface area (Å²) in [4.78, 5) is 10.3. The third-order valence-corrected chi connectivity index (χ3v) is 1.71. The molecule has 1 fully saturated rings. The van der Waals surface area contributed by atoms with Gasteiger partial charge < -0.3 is 10.1 Å². The number of carbonyl (C=O) groups excluding carboxylic acids is 1. The van der Waals surface area contributed by atoms with Gasteiger partial charge in [0.15, 0.2) is 0 Å². The number of cyclic esters (lactones) is 1. The highest BCUT2D eigenvalue weighted by atomic mass is 79.9. The topological polar surface area (TPSA) is 38.3 Å². The predicted octanol–water partition coefficient (Wildman–Crippen LogP) is 0.490. The molecule has 1 heterocycles. The molecule has 4 heteroatoms. The molecule has 1 N–H and O–H groups in total. The van der Waals surface area contributed by atoms with Gasteiger partial charge in [0.2, 0.25) is 0 Å². The van der Waals surface area contributed by atoms with Crippen molar-refractivity contribution in [3.63, 3.8) is 0 Å². The Hall–Kier alpha value is -0.250. The predicted molar refractivity (Wildman–Crippen MR) is 32.1 cm³/mol. The number of amides is 1. The van der Waals surface area contributed by atoms with Gasteiger partial charge in [-0.05, 0) is 0 Å². The van der Waals surface area contributed by atoms with Crippen molar-refractivity contribution in [1.82, 2.24) is 5.32 Å². The molecule has 1 amide bonds. The molecule has 0 bridgehead atoms. The first-order valence-electron chi connectivity index (χ1n) is 2.32. The van der Waals surface area contributed by atoms with E-state index in [1.807, 2.05) is 0 Å². The van der Waals surface area contributed by atoms with Crippen LogP contribution in [0.25, 0.3) is 0 Å². The highest BCUT2D eigenvalue weighted by Gasteiger charge is 2.19. The highest BCUT2D eigenvalue weighted by Crippen LogP contribution is 1.99. The number of carbonyl (C=O) groups is 1. The summed E-state index contributed by atoms with van der Waals surface area (Å²) < 4.78 is 4.58. The van der Waals surface area contributed by atoms with Gasteiger partial charge in [-0.2, -0.15) is 0 Å². The average molecular weight is 180 g/mol. The molecule has 46 valence electrons. The first-order chi connectivity index (χ1) is 3.83. The zero-order chi connectivity index (χ0) is 5.98. The molecule has 1 aliphatic rings. The molecule has 0 spiro atoms. The summed E-state index contributed by atoms with van der Waals surface area (Å²) in [5, 5.41) is 3.36. The first kappa shape index (κ1) is 5.88. The number of halogens is 1. The number of nitrogens with one attached hydrogen (secondary N) is 1. The van der Waals surface area contributed by atoms with Gasteiger partial charge in [-0.3, -0.25) is 0 Å². The second-order valence-electron chi connectivity index (χ2n) is 1.59. The van der Waals surface area contributed by atoms with Crippen LogP contribution in [0.3, 0.4) is 0 Å². The Morgan fingerprint density at radius 3 is 3.00 bits per heavy atom. The summed E-state index contributed by atoms with van der Waals surface area (Å²) in [5.41, 5.74) is 0. The number of rotatable bonds is 1. The van der Waals surface area contributed by atoms with Crippen LogP contribution in [-0.2, 0) is 4.74 Å². The molecule has 8 heavy (non-hydrogen) atoms. The monoisotopic (exact) mass is 179 g/mol. The Balaban J connectivity index is 2.32. The molecule has 3 nitrogen and oxygen atoms in total.